The first-order chi connectivity index (χ1) is 7.61. The van der Waals surface area contributed by atoms with Crippen LogP contribution in [0.5, 0.6) is 0 Å². The average Bonchev–Trinajstić information content (AvgIpc) is 2.20. The Bertz CT molecular complexity index is 376. The number of primary amides is 1. The van der Waals surface area contributed by atoms with E-state index >= 15 is 0 Å². The van der Waals surface area contributed by atoms with E-state index in [4.69, 9.17) is 5.73 Å². The van der Waals surface area contributed by atoms with Gasteiger partial charge < -0.3 is 11.1 Å². The second-order valence-electron chi connectivity index (χ2n) is 3.33. The van der Waals surface area contributed by atoms with Crippen LogP contribution in [0.1, 0.15) is 12.0 Å². The minimum Gasteiger partial charge on any atom is -0.369 e. The number of halogens is 1. The summed E-state index contributed by atoms with van der Waals surface area (Å²) in [5, 5.41) is 3.38. The second kappa shape index (κ2) is 6.27. The summed E-state index contributed by atoms with van der Waals surface area (Å²) in [6, 6.07) is 7.05. The van der Waals surface area contributed by atoms with Gasteiger partial charge in [-0.25, -0.2) is 0 Å². The number of rotatable bonds is 5. The van der Waals surface area contributed by atoms with E-state index in [9.17, 15) is 9.59 Å². The third kappa shape index (κ3) is 4.44. The maximum atomic E-state index is 11.3. The fourth-order valence-electron chi connectivity index (χ4n) is 1.22. The maximum absolute atomic E-state index is 11.3. The van der Waals surface area contributed by atoms with Crippen LogP contribution in [0.3, 0.4) is 0 Å². The molecular formula is C11H13BrN2O2. The maximum Gasteiger partial charge on any atom is 0.225 e. The lowest BCUT2D eigenvalue weighted by Gasteiger charge is -2.04. The van der Waals surface area contributed by atoms with Crippen LogP contribution >= 0.6 is 15.9 Å². The molecule has 4 nitrogen and oxygen atoms in total. The van der Waals surface area contributed by atoms with Crippen molar-refractivity contribution >= 4 is 33.4 Å². The summed E-state index contributed by atoms with van der Waals surface area (Å²) in [5.74, 6) is -0.407. The molecule has 1 aromatic rings. The normalized spacial score (nSPS) is 9.81. The molecular weight excluding hydrogens is 272 g/mol. The number of benzene rings is 1. The van der Waals surface area contributed by atoms with Crippen molar-refractivity contribution in [2.75, 3.05) is 10.6 Å². The van der Waals surface area contributed by atoms with Gasteiger partial charge in [0.25, 0.3) is 0 Å². The van der Waals surface area contributed by atoms with Gasteiger partial charge in [-0.15, -0.1) is 0 Å². The molecule has 0 fully saturated rings. The standard InChI is InChI=1S/C11H13BrN2O2/c12-6-5-11(16)14-9-3-1-8(2-4-9)7-10(13)15/h1-4H,5-7H2,(H2,13,15)(H,14,16). The van der Waals surface area contributed by atoms with Crippen molar-refractivity contribution < 1.29 is 9.59 Å². The van der Waals surface area contributed by atoms with Gasteiger partial charge in [0, 0.05) is 17.4 Å². The zero-order valence-corrected chi connectivity index (χ0v) is 10.3. The molecule has 0 heterocycles. The van der Waals surface area contributed by atoms with E-state index < -0.39 is 0 Å². The molecule has 5 heteroatoms. The van der Waals surface area contributed by atoms with Crippen LogP contribution in [0.25, 0.3) is 0 Å². The topological polar surface area (TPSA) is 72.2 Å². The molecule has 0 saturated carbocycles. The number of nitrogens with one attached hydrogen (secondary N) is 1. The first-order valence-electron chi connectivity index (χ1n) is 4.85. The van der Waals surface area contributed by atoms with E-state index in [2.05, 4.69) is 21.2 Å². The van der Waals surface area contributed by atoms with Crippen molar-refractivity contribution in [3.63, 3.8) is 0 Å². The third-order valence-electron chi connectivity index (χ3n) is 1.94. The minimum absolute atomic E-state index is 0.0421. The molecule has 0 bridgehead atoms. The molecule has 0 aliphatic heterocycles. The molecule has 0 radical (unpaired) electrons. The largest absolute Gasteiger partial charge is 0.369 e. The van der Waals surface area contributed by atoms with Crippen LogP contribution < -0.4 is 11.1 Å². The van der Waals surface area contributed by atoms with Gasteiger partial charge in [0.05, 0.1) is 6.42 Å². The van der Waals surface area contributed by atoms with Crippen LogP contribution in [-0.4, -0.2) is 17.1 Å². The highest BCUT2D eigenvalue weighted by molar-refractivity contribution is 9.09. The van der Waals surface area contributed by atoms with Crippen LogP contribution in [0.2, 0.25) is 0 Å². The summed E-state index contributed by atoms with van der Waals surface area (Å²) in [4.78, 5) is 21.9. The zero-order chi connectivity index (χ0) is 12.0. The highest BCUT2D eigenvalue weighted by atomic mass is 79.9. The van der Waals surface area contributed by atoms with Crippen molar-refractivity contribution in [1.82, 2.24) is 0 Å². The van der Waals surface area contributed by atoms with Crippen LogP contribution in [-0.2, 0) is 16.0 Å². The third-order valence-corrected chi connectivity index (χ3v) is 2.33. The Labute approximate surface area is 102 Å². The Morgan fingerprint density at radius 2 is 1.88 bits per heavy atom. The minimum atomic E-state index is -0.365. The lowest BCUT2D eigenvalue weighted by Crippen LogP contribution is -2.14. The Morgan fingerprint density at radius 3 is 2.38 bits per heavy atom. The smallest absolute Gasteiger partial charge is 0.225 e. The van der Waals surface area contributed by atoms with Gasteiger partial charge in [-0.05, 0) is 17.7 Å². The van der Waals surface area contributed by atoms with Gasteiger partial charge in [-0.1, -0.05) is 28.1 Å². The molecule has 1 aromatic carbocycles. The molecule has 86 valence electrons. The lowest BCUT2D eigenvalue weighted by molar-refractivity contribution is -0.117. The first-order valence-corrected chi connectivity index (χ1v) is 5.97. The molecule has 2 amide bonds. The Kier molecular flexibility index (Phi) is 4.98. The molecule has 0 spiro atoms. The number of hydrogen-bond donors (Lipinski definition) is 2. The van der Waals surface area contributed by atoms with Crippen molar-refractivity contribution in [2.24, 2.45) is 5.73 Å². The molecule has 3 N–H and O–H groups in total. The summed E-state index contributed by atoms with van der Waals surface area (Å²) in [5.41, 5.74) is 6.63. The summed E-state index contributed by atoms with van der Waals surface area (Å²) < 4.78 is 0. The van der Waals surface area contributed by atoms with E-state index in [1.807, 2.05) is 0 Å². The van der Waals surface area contributed by atoms with Crippen LogP contribution in [0, 0.1) is 0 Å². The Balaban J connectivity index is 2.57. The van der Waals surface area contributed by atoms with Crippen molar-refractivity contribution in [2.45, 2.75) is 12.8 Å². The predicted molar refractivity (Wildman–Crippen MR) is 66.4 cm³/mol. The summed E-state index contributed by atoms with van der Waals surface area (Å²) in [7, 11) is 0. The Morgan fingerprint density at radius 1 is 1.25 bits per heavy atom. The molecule has 0 atom stereocenters. The molecule has 16 heavy (non-hydrogen) atoms. The van der Waals surface area contributed by atoms with Gasteiger partial charge in [0.15, 0.2) is 0 Å². The van der Waals surface area contributed by atoms with Crippen molar-refractivity contribution in [3.05, 3.63) is 29.8 Å². The van der Waals surface area contributed by atoms with Crippen molar-refractivity contribution in [3.8, 4) is 0 Å². The number of hydrogen-bond acceptors (Lipinski definition) is 2. The highest BCUT2D eigenvalue weighted by Gasteiger charge is 2.02. The highest BCUT2D eigenvalue weighted by Crippen LogP contribution is 2.10. The summed E-state index contributed by atoms with van der Waals surface area (Å²) in [6.45, 7) is 0. The van der Waals surface area contributed by atoms with Crippen LogP contribution in [0.15, 0.2) is 24.3 Å². The summed E-state index contributed by atoms with van der Waals surface area (Å²) in [6.07, 6.45) is 0.651. The second-order valence-corrected chi connectivity index (χ2v) is 4.12. The predicted octanol–water partition coefficient (Wildman–Crippen LogP) is 1.44. The first kappa shape index (κ1) is 12.7. The lowest BCUT2D eigenvalue weighted by atomic mass is 10.1. The van der Waals surface area contributed by atoms with E-state index in [0.29, 0.717) is 11.8 Å². The SMILES string of the molecule is NC(=O)Cc1ccc(NC(=O)CCBr)cc1. The van der Waals surface area contributed by atoms with Crippen molar-refractivity contribution in [1.29, 1.82) is 0 Å². The molecule has 0 unspecified atom stereocenters. The summed E-state index contributed by atoms with van der Waals surface area (Å²) >= 11 is 3.19. The van der Waals surface area contributed by atoms with E-state index in [0.717, 1.165) is 11.3 Å². The molecule has 0 saturated heterocycles. The molecule has 0 aliphatic rings. The van der Waals surface area contributed by atoms with Gasteiger partial charge >= 0.3 is 0 Å². The van der Waals surface area contributed by atoms with Crippen LogP contribution in [0.4, 0.5) is 5.69 Å². The quantitative estimate of drug-likeness (QED) is 0.803. The number of carbonyl (C=O) groups is 2. The fourth-order valence-corrected chi connectivity index (χ4v) is 1.58. The number of alkyl halides is 1. The van der Waals surface area contributed by atoms with E-state index in [1.54, 1.807) is 24.3 Å². The number of anilines is 1. The molecule has 0 aliphatic carbocycles. The molecule has 1 rings (SSSR count). The van der Waals surface area contributed by atoms with Gasteiger partial charge in [0.2, 0.25) is 11.8 Å². The van der Waals surface area contributed by atoms with Gasteiger partial charge in [0.1, 0.15) is 0 Å². The average molecular weight is 285 g/mol. The zero-order valence-electron chi connectivity index (χ0n) is 8.70. The number of amides is 2. The van der Waals surface area contributed by atoms with E-state index in [-0.39, 0.29) is 18.2 Å². The van der Waals surface area contributed by atoms with Gasteiger partial charge in [-0.2, -0.15) is 0 Å². The fraction of sp³-hybridized carbons (Fsp3) is 0.273. The molecule has 0 aromatic heterocycles. The Hall–Kier alpha value is -1.36. The van der Waals surface area contributed by atoms with E-state index in [1.165, 1.54) is 0 Å². The number of nitrogens with two attached hydrogens (primary N) is 1. The monoisotopic (exact) mass is 284 g/mol. The number of carbonyl (C=O) groups excluding carboxylic acids is 2. The van der Waals surface area contributed by atoms with Gasteiger partial charge in [-0.3, -0.25) is 9.59 Å².